The predicted molar refractivity (Wildman–Crippen MR) is 145 cm³/mol. The van der Waals surface area contributed by atoms with Crippen LogP contribution in [0, 0.1) is 5.92 Å². The minimum atomic E-state index is -0.287. The number of benzene rings is 4. The highest BCUT2D eigenvalue weighted by Gasteiger charge is 2.55. The van der Waals surface area contributed by atoms with Crippen molar-refractivity contribution in [3.8, 4) is 22.5 Å². The highest BCUT2D eigenvalue weighted by atomic mass is 79.9. The van der Waals surface area contributed by atoms with Crippen molar-refractivity contribution < 1.29 is 0 Å². The Morgan fingerprint density at radius 2 is 1.49 bits per heavy atom. The largest absolute Gasteiger partial charge is 0.316 e. The Morgan fingerprint density at radius 3 is 2.40 bits per heavy atom. The van der Waals surface area contributed by atoms with E-state index in [0.29, 0.717) is 0 Å². The number of fused-ring (bicyclic) bond motifs is 9. The molecule has 1 aromatic heterocycles. The summed E-state index contributed by atoms with van der Waals surface area (Å²) in [4.78, 5) is 5.23. The lowest BCUT2D eigenvalue weighted by molar-refractivity contribution is 0.340. The van der Waals surface area contributed by atoms with E-state index in [2.05, 4.69) is 136 Å². The number of halogens is 1. The molecular weight excluding hydrogens is 492 g/mol. The molecule has 1 aliphatic heterocycles. The van der Waals surface area contributed by atoms with Crippen LogP contribution in [0.1, 0.15) is 22.7 Å². The Labute approximate surface area is 212 Å². The molecule has 2 heterocycles. The third kappa shape index (κ3) is 2.37. The van der Waals surface area contributed by atoms with Crippen LogP contribution in [0.4, 0.5) is 0 Å². The second kappa shape index (κ2) is 6.93. The van der Waals surface area contributed by atoms with Gasteiger partial charge in [0.1, 0.15) is 5.82 Å². The molecule has 2 aliphatic carbocycles. The van der Waals surface area contributed by atoms with Crippen molar-refractivity contribution in [2.24, 2.45) is 5.92 Å². The highest BCUT2D eigenvalue weighted by Crippen LogP contribution is 2.63. The van der Waals surface area contributed by atoms with E-state index in [0.717, 1.165) is 21.4 Å². The van der Waals surface area contributed by atoms with Gasteiger partial charge in [-0.3, -0.25) is 0 Å². The van der Waals surface area contributed by atoms with Gasteiger partial charge in [-0.15, -0.1) is 0 Å². The molecule has 4 aromatic carbocycles. The number of rotatable bonds is 1. The maximum Gasteiger partial charge on any atom is 0.141 e. The Kier molecular flexibility index (Phi) is 3.88. The van der Waals surface area contributed by atoms with E-state index in [1.165, 1.54) is 33.3 Å². The molecule has 0 saturated heterocycles. The first kappa shape index (κ1) is 19.6. The molecule has 0 N–H and O–H groups in total. The molecule has 0 fully saturated rings. The second-order valence-corrected chi connectivity index (χ2v) is 10.6. The Bertz CT molecular complexity index is 1730. The van der Waals surface area contributed by atoms with Gasteiger partial charge in [0.2, 0.25) is 0 Å². The minimum Gasteiger partial charge on any atom is -0.316 e. The van der Waals surface area contributed by atoms with E-state index in [1.54, 1.807) is 0 Å². The van der Waals surface area contributed by atoms with Crippen LogP contribution in [-0.4, -0.2) is 9.55 Å². The van der Waals surface area contributed by atoms with Gasteiger partial charge in [-0.05, 0) is 46.0 Å². The summed E-state index contributed by atoms with van der Waals surface area (Å²) in [6.07, 6.45) is 9.22. The topological polar surface area (TPSA) is 17.8 Å². The van der Waals surface area contributed by atoms with Gasteiger partial charge in [-0.2, -0.15) is 0 Å². The van der Waals surface area contributed by atoms with E-state index in [4.69, 9.17) is 4.98 Å². The Morgan fingerprint density at radius 1 is 0.714 bits per heavy atom. The maximum absolute atomic E-state index is 5.23. The van der Waals surface area contributed by atoms with E-state index in [9.17, 15) is 0 Å². The molecule has 5 aromatic rings. The number of hydrogen-bond donors (Lipinski definition) is 0. The second-order valence-electron chi connectivity index (χ2n) is 9.67. The number of hydrogen-bond acceptors (Lipinski definition) is 1. The highest BCUT2D eigenvalue weighted by molar-refractivity contribution is 9.10. The van der Waals surface area contributed by atoms with Crippen LogP contribution < -0.4 is 0 Å². The normalized spacial score (nSPS) is 22.9. The third-order valence-electron chi connectivity index (χ3n) is 8.12. The van der Waals surface area contributed by atoms with E-state index < -0.39 is 0 Å². The van der Waals surface area contributed by atoms with Gasteiger partial charge < -0.3 is 4.57 Å². The molecule has 0 saturated carbocycles. The monoisotopic (exact) mass is 512 g/mol. The number of imidazole rings is 1. The van der Waals surface area contributed by atoms with Crippen LogP contribution in [0.25, 0.3) is 33.5 Å². The molecule has 3 unspecified atom stereocenters. The fourth-order valence-corrected chi connectivity index (χ4v) is 7.26. The lowest BCUT2D eigenvalue weighted by atomic mass is 9.59. The summed E-state index contributed by atoms with van der Waals surface area (Å²) in [5, 5.41) is 0. The lowest BCUT2D eigenvalue weighted by Gasteiger charge is -2.47. The fourth-order valence-electron chi connectivity index (χ4n) is 6.90. The summed E-state index contributed by atoms with van der Waals surface area (Å²) in [6.45, 7) is 0. The summed E-state index contributed by atoms with van der Waals surface area (Å²) in [6, 6.07) is 33.3. The van der Waals surface area contributed by atoms with E-state index >= 15 is 0 Å². The number of allylic oxidation sites excluding steroid dienone is 4. The first-order valence-electron chi connectivity index (χ1n) is 12.1. The molecule has 3 heteroatoms. The van der Waals surface area contributed by atoms with Gasteiger partial charge in [0.05, 0.1) is 22.5 Å². The summed E-state index contributed by atoms with van der Waals surface area (Å²) in [5.41, 5.74) is 9.96. The fraction of sp³-hybridized carbons (Fsp3) is 0.0938. The summed E-state index contributed by atoms with van der Waals surface area (Å²) in [7, 11) is 0. The summed E-state index contributed by atoms with van der Waals surface area (Å²) >= 11 is 3.80. The zero-order valence-corrected chi connectivity index (χ0v) is 20.5. The zero-order valence-electron chi connectivity index (χ0n) is 18.9. The van der Waals surface area contributed by atoms with Crippen molar-refractivity contribution >= 4 is 27.0 Å². The molecule has 0 amide bonds. The molecule has 35 heavy (non-hydrogen) atoms. The molecule has 3 atom stereocenters. The molecule has 0 bridgehead atoms. The van der Waals surface area contributed by atoms with Crippen molar-refractivity contribution in [2.45, 2.75) is 11.5 Å². The number of para-hydroxylation sites is 1. The number of aromatic nitrogens is 2. The molecule has 3 aliphatic rings. The molecule has 8 rings (SSSR count). The van der Waals surface area contributed by atoms with Gasteiger partial charge in [-0.1, -0.05) is 113 Å². The molecule has 0 radical (unpaired) electrons. The minimum absolute atomic E-state index is 0.160. The molecule has 2 nitrogen and oxygen atoms in total. The standard InChI is InChI=1S/C32H21BrN2/c33-21-17-18-23-22-11-4-5-12-24(22)32(27(23)19-21)25-13-6-7-16-29(25)35-30-26(32)14-8-15-28(30)34-31(35)20-9-2-1-3-10-20/h1-19,25,29H. The van der Waals surface area contributed by atoms with Crippen molar-refractivity contribution in [2.75, 3.05) is 0 Å². The Hall–Kier alpha value is -3.69. The van der Waals surface area contributed by atoms with Crippen molar-refractivity contribution in [1.82, 2.24) is 9.55 Å². The quantitative estimate of drug-likeness (QED) is 0.222. The van der Waals surface area contributed by atoms with Crippen molar-refractivity contribution in [3.05, 3.63) is 136 Å². The van der Waals surface area contributed by atoms with Crippen molar-refractivity contribution in [1.29, 1.82) is 0 Å². The van der Waals surface area contributed by atoms with Crippen LogP contribution in [-0.2, 0) is 5.41 Å². The Balaban J connectivity index is 1.58. The number of nitrogens with zero attached hydrogens (tertiary/aromatic N) is 2. The van der Waals surface area contributed by atoms with Gasteiger partial charge in [0.15, 0.2) is 0 Å². The van der Waals surface area contributed by atoms with E-state index in [-0.39, 0.29) is 17.4 Å². The van der Waals surface area contributed by atoms with Crippen LogP contribution in [0.5, 0.6) is 0 Å². The predicted octanol–water partition coefficient (Wildman–Crippen LogP) is 8.08. The van der Waals surface area contributed by atoms with E-state index in [1.807, 2.05) is 0 Å². The maximum atomic E-state index is 5.23. The first-order valence-corrected chi connectivity index (χ1v) is 12.9. The summed E-state index contributed by atoms with van der Waals surface area (Å²) < 4.78 is 3.61. The van der Waals surface area contributed by atoms with Crippen LogP contribution >= 0.6 is 15.9 Å². The molecule has 1 spiro atoms. The lowest BCUT2D eigenvalue weighted by Crippen LogP contribution is -2.44. The summed E-state index contributed by atoms with van der Waals surface area (Å²) in [5.74, 6) is 1.26. The SMILES string of the molecule is Brc1ccc2c(c1)C1(c3ccccc3-2)c2cccc3nc(-c4ccccc4)n(c23)C2C=CC=CC21. The molecule has 166 valence electrons. The zero-order chi connectivity index (χ0) is 23.1. The van der Waals surface area contributed by atoms with Gasteiger partial charge in [0, 0.05) is 16.0 Å². The third-order valence-corrected chi connectivity index (χ3v) is 8.61. The van der Waals surface area contributed by atoms with Crippen LogP contribution in [0.2, 0.25) is 0 Å². The van der Waals surface area contributed by atoms with Crippen molar-refractivity contribution in [3.63, 3.8) is 0 Å². The van der Waals surface area contributed by atoms with Crippen LogP contribution in [0.3, 0.4) is 0 Å². The average molecular weight is 513 g/mol. The van der Waals surface area contributed by atoms with Gasteiger partial charge in [0.25, 0.3) is 0 Å². The molecular formula is C32H21BrN2. The van der Waals surface area contributed by atoms with Gasteiger partial charge >= 0.3 is 0 Å². The van der Waals surface area contributed by atoms with Crippen LogP contribution in [0.15, 0.2) is 120 Å². The van der Waals surface area contributed by atoms with Gasteiger partial charge in [-0.25, -0.2) is 4.98 Å². The average Bonchev–Trinajstić information content (AvgIpc) is 3.43. The smallest absolute Gasteiger partial charge is 0.141 e. The first-order chi connectivity index (χ1) is 17.3.